The molecule has 2 aromatic carbocycles. The standard InChI is InChI=1S/C29H36N6O3/c1-32-20-26(30-31-32)29(37)33-18-23-11-6-7-14-27(23)34(28(36)21-38-2)16-15-24-12-8-13-25(19-33)35(24)17-22-9-4-3-5-10-22/h3-7,9-11,14,20,24-25H,8,12-13,15-19,21H2,1-2H3. The molecule has 9 heteroatoms. The second kappa shape index (κ2) is 11.9. The minimum Gasteiger partial charge on any atom is -0.375 e. The summed E-state index contributed by atoms with van der Waals surface area (Å²) >= 11 is 0. The van der Waals surface area contributed by atoms with Crippen molar-refractivity contribution in [1.29, 1.82) is 0 Å². The number of para-hydroxylation sites is 1. The molecule has 2 bridgehead atoms. The molecule has 2 atom stereocenters. The van der Waals surface area contributed by atoms with E-state index in [-0.39, 0.29) is 24.5 Å². The van der Waals surface area contributed by atoms with Crippen molar-refractivity contribution in [2.24, 2.45) is 7.05 Å². The van der Waals surface area contributed by atoms with E-state index in [2.05, 4.69) is 39.5 Å². The summed E-state index contributed by atoms with van der Waals surface area (Å²) in [5, 5.41) is 8.12. The monoisotopic (exact) mass is 516 g/mol. The van der Waals surface area contributed by atoms with Crippen molar-refractivity contribution in [3.63, 3.8) is 0 Å². The predicted octanol–water partition coefficient (Wildman–Crippen LogP) is 3.26. The molecule has 0 aliphatic carbocycles. The van der Waals surface area contributed by atoms with Crippen LogP contribution < -0.4 is 4.90 Å². The van der Waals surface area contributed by atoms with E-state index in [0.29, 0.717) is 31.4 Å². The van der Waals surface area contributed by atoms with Gasteiger partial charge in [-0.05, 0) is 36.5 Å². The smallest absolute Gasteiger partial charge is 0.276 e. The third-order valence-corrected chi connectivity index (χ3v) is 7.66. The summed E-state index contributed by atoms with van der Waals surface area (Å²) < 4.78 is 6.79. The van der Waals surface area contributed by atoms with Crippen molar-refractivity contribution in [2.75, 3.05) is 31.7 Å². The predicted molar refractivity (Wildman–Crippen MR) is 144 cm³/mol. The van der Waals surface area contributed by atoms with Crippen LogP contribution in [-0.2, 0) is 29.7 Å². The molecule has 0 spiro atoms. The van der Waals surface area contributed by atoms with Crippen LogP contribution in [0.2, 0.25) is 0 Å². The lowest BCUT2D eigenvalue weighted by molar-refractivity contribution is -0.122. The van der Waals surface area contributed by atoms with Crippen molar-refractivity contribution in [1.82, 2.24) is 24.8 Å². The van der Waals surface area contributed by atoms with Crippen LogP contribution in [0.15, 0.2) is 60.8 Å². The molecule has 1 aromatic heterocycles. The number of anilines is 1. The zero-order valence-corrected chi connectivity index (χ0v) is 22.2. The fourth-order valence-electron chi connectivity index (χ4n) is 5.83. The van der Waals surface area contributed by atoms with Crippen LogP contribution in [0.1, 0.15) is 47.3 Å². The summed E-state index contributed by atoms with van der Waals surface area (Å²) in [6.45, 7) is 2.38. The van der Waals surface area contributed by atoms with Crippen molar-refractivity contribution < 1.29 is 14.3 Å². The first-order valence-corrected chi connectivity index (χ1v) is 13.4. The highest BCUT2D eigenvalue weighted by atomic mass is 16.5. The number of methoxy groups -OCH3 is 1. The van der Waals surface area contributed by atoms with Crippen LogP contribution in [0.3, 0.4) is 0 Å². The fourth-order valence-corrected chi connectivity index (χ4v) is 5.83. The number of aromatic nitrogens is 3. The van der Waals surface area contributed by atoms with Gasteiger partial charge in [0.2, 0.25) is 0 Å². The van der Waals surface area contributed by atoms with Crippen LogP contribution >= 0.6 is 0 Å². The van der Waals surface area contributed by atoms with Gasteiger partial charge >= 0.3 is 0 Å². The Hall–Kier alpha value is -3.56. The van der Waals surface area contributed by atoms with Gasteiger partial charge in [0.1, 0.15) is 6.61 Å². The second-order valence-corrected chi connectivity index (χ2v) is 10.3. The lowest BCUT2D eigenvalue weighted by Crippen LogP contribution is -2.52. The van der Waals surface area contributed by atoms with Crippen LogP contribution in [0.4, 0.5) is 5.69 Å². The van der Waals surface area contributed by atoms with Gasteiger partial charge in [-0.25, -0.2) is 0 Å². The highest BCUT2D eigenvalue weighted by molar-refractivity contribution is 5.95. The Morgan fingerprint density at radius 3 is 2.53 bits per heavy atom. The Bertz CT molecular complexity index is 1250. The molecule has 38 heavy (non-hydrogen) atoms. The Labute approximate surface area is 224 Å². The number of hydrogen-bond donors (Lipinski definition) is 0. The van der Waals surface area contributed by atoms with Gasteiger partial charge in [-0.1, -0.05) is 60.2 Å². The van der Waals surface area contributed by atoms with E-state index in [1.54, 1.807) is 25.0 Å². The number of rotatable bonds is 5. The van der Waals surface area contributed by atoms with E-state index in [4.69, 9.17) is 4.74 Å². The maximum Gasteiger partial charge on any atom is 0.276 e. The van der Waals surface area contributed by atoms with Gasteiger partial charge in [0.25, 0.3) is 11.8 Å². The first-order valence-electron chi connectivity index (χ1n) is 13.4. The molecule has 0 radical (unpaired) electrons. The molecule has 2 amide bonds. The SMILES string of the molecule is COCC(=O)N1CCC2CCCC(CN(C(=O)c3cn(C)nn3)Cc3ccccc31)N2Cc1ccccc1. The average Bonchev–Trinajstić information content (AvgIpc) is 3.36. The molecular weight excluding hydrogens is 480 g/mol. The molecule has 1 saturated heterocycles. The number of piperidine rings is 1. The molecule has 0 saturated carbocycles. The highest BCUT2D eigenvalue weighted by Gasteiger charge is 2.35. The van der Waals surface area contributed by atoms with Crippen molar-refractivity contribution in [3.8, 4) is 0 Å². The quantitative estimate of drug-likeness (QED) is 0.518. The number of hydrogen-bond acceptors (Lipinski definition) is 6. The van der Waals surface area contributed by atoms with Crippen LogP contribution in [0.5, 0.6) is 0 Å². The molecule has 200 valence electrons. The lowest BCUT2D eigenvalue weighted by Gasteiger charge is -2.44. The number of nitrogens with zero attached hydrogens (tertiary/aromatic N) is 6. The maximum absolute atomic E-state index is 13.8. The molecule has 0 N–H and O–H groups in total. The molecule has 2 aliphatic heterocycles. The normalized spacial score (nSPS) is 20.5. The fraction of sp³-hybridized carbons (Fsp3) is 0.448. The topological polar surface area (TPSA) is 83.8 Å². The lowest BCUT2D eigenvalue weighted by atomic mass is 9.92. The Morgan fingerprint density at radius 2 is 1.76 bits per heavy atom. The minimum absolute atomic E-state index is 0.0115. The second-order valence-electron chi connectivity index (χ2n) is 10.3. The summed E-state index contributed by atoms with van der Waals surface area (Å²) in [6, 6.07) is 18.9. The number of carbonyl (C=O) groups excluding carboxylic acids is 2. The Balaban J connectivity index is 1.56. The van der Waals surface area contributed by atoms with Gasteiger partial charge in [-0.15, -0.1) is 5.10 Å². The largest absolute Gasteiger partial charge is 0.375 e. The third-order valence-electron chi connectivity index (χ3n) is 7.66. The van der Waals surface area contributed by atoms with E-state index >= 15 is 0 Å². The molecule has 9 nitrogen and oxygen atoms in total. The first-order chi connectivity index (χ1) is 18.5. The van der Waals surface area contributed by atoms with Gasteiger partial charge < -0.3 is 14.5 Å². The summed E-state index contributed by atoms with van der Waals surface area (Å²) in [6.07, 6.45) is 5.69. The third kappa shape index (κ3) is 5.79. The molecule has 1 fully saturated rings. The molecule has 3 heterocycles. The van der Waals surface area contributed by atoms with Gasteiger partial charge in [0.05, 0.1) is 6.20 Å². The van der Waals surface area contributed by atoms with Crippen molar-refractivity contribution in [3.05, 3.63) is 77.6 Å². The van der Waals surface area contributed by atoms with E-state index in [9.17, 15) is 9.59 Å². The summed E-state index contributed by atoms with van der Waals surface area (Å²) in [5.41, 5.74) is 3.34. The van der Waals surface area contributed by atoms with Gasteiger partial charge in [-0.3, -0.25) is 19.2 Å². The van der Waals surface area contributed by atoms with Crippen molar-refractivity contribution in [2.45, 2.75) is 50.9 Å². The molecule has 5 rings (SSSR count). The summed E-state index contributed by atoms with van der Waals surface area (Å²) in [4.78, 5) is 33.4. The highest BCUT2D eigenvalue weighted by Crippen LogP contribution is 2.32. The van der Waals surface area contributed by atoms with Gasteiger partial charge in [-0.2, -0.15) is 0 Å². The number of ether oxygens (including phenoxy) is 1. The maximum atomic E-state index is 13.8. The zero-order chi connectivity index (χ0) is 26.5. The van der Waals surface area contributed by atoms with Gasteiger partial charge in [0, 0.05) is 58.1 Å². The summed E-state index contributed by atoms with van der Waals surface area (Å²) in [5.74, 6) is -0.225. The number of carbonyl (C=O) groups is 2. The van der Waals surface area contributed by atoms with E-state index in [0.717, 1.165) is 43.5 Å². The van der Waals surface area contributed by atoms with Crippen LogP contribution in [-0.4, -0.2) is 75.5 Å². The van der Waals surface area contributed by atoms with Gasteiger partial charge in [0.15, 0.2) is 5.69 Å². The average molecular weight is 517 g/mol. The van der Waals surface area contributed by atoms with E-state index in [1.807, 2.05) is 40.1 Å². The van der Waals surface area contributed by atoms with Crippen molar-refractivity contribution >= 4 is 17.5 Å². The number of aryl methyl sites for hydroxylation is 1. The molecule has 2 unspecified atom stereocenters. The Morgan fingerprint density at radius 1 is 1.00 bits per heavy atom. The van der Waals surface area contributed by atoms with Crippen LogP contribution in [0, 0.1) is 0 Å². The number of benzene rings is 2. The molecule has 3 aromatic rings. The van der Waals surface area contributed by atoms with Crippen LogP contribution in [0.25, 0.3) is 0 Å². The van der Waals surface area contributed by atoms with E-state index in [1.165, 1.54) is 5.56 Å². The molecule has 2 aliphatic rings. The Kier molecular flexibility index (Phi) is 8.14. The van der Waals surface area contributed by atoms with E-state index < -0.39 is 0 Å². The summed E-state index contributed by atoms with van der Waals surface area (Å²) in [7, 11) is 3.31. The zero-order valence-electron chi connectivity index (χ0n) is 22.2. The first kappa shape index (κ1) is 26.1. The molecular formula is C29H36N6O3. The number of amides is 2. The minimum atomic E-state index is -0.149. The number of fused-ring (bicyclic) bond motifs is 3.